The highest BCUT2D eigenvalue weighted by Gasteiger charge is 2.37. The molecule has 3 aromatic rings. The lowest BCUT2D eigenvalue weighted by molar-refractivity contribution is -0.135. The van der Waals surface area contributed by atoms with Crippen molar-refractivity contribution in [1.82, 2.24) is 29.7 Å². The Kier molecular flexibility index (Phi) is 5.51. The first kappa shape index (κ1) is 21.7. The molecule has 3 aromatic heterocycles. The highest BCUT2D eigenvalue weighted by Crippen LogP contribution is 2.37. The number of rotatable bonds is 3. The SMILES string of the molecule is CN1Cc2cnc3ccc(-c4cnc(C#N)nc4)nc3c2N(C2CCN(C(=O)CO)CC2)C1=O. The maximum Gasteiger partial charge on any atom is 0.324 e. The normalized spacial score (nSPS) is 16.5. The number of anilines is 1. The van der Waals surface area contributed by atoms with E-state index in [0.717, 1.165) is 11.3 Å². The second-order valence-electron chi connectivity index (χ2n) is 8.38. The van der Waals surface area contributed by atoms with E-state index < -0.39 is 6.61 Å². The first-order valence-corrected chi connectivity index (χ1v) is 10.9. The highest BCUT2D eigenvalue weighted by atomic mass is 16.3. The molecule has 1 fully saturated rings. The molecule has 34 heavy (non-hydrogen) atoms. The fourth-order valence-corrected chi connectivity index (χ4v) is 4.57. The molecular weight excluding hydrogens is 436 g/mol. The van der Waals surface area contributed by atoms with Crippen molar-refractivity contribution >= 4 is 28.7 Å². The molecule has 1 N–H and O–H groups in total. The Labute approximate surface area is 195 Å². The fraction of sp³-hybridized carbons (Fsp3) is 0.348. The molecule has 0 bridgehead atoms. The van der Waals surface area contributed by atoms with E-state index in [-0.39, 0.29) is 23.8 Å². The van der Waals surface area contributed by atoms with Crippen LogP contribution in [0.2, 0.25) is 0 Å². The third-order valence-corrected chi connectivity index (χ3v) is 6.31. The largest absolute Gasteiger partial charge is 0.387 e. The summed E-state index contributed by atoms with van der Waals surface area (Å²) < 4.78 is 0. The van der Waals surface area contributed by atoms with Crippen molar-refractivity contribution in [1.29, 1.82) is 5.26 Å². The third-order valence-electron chi connectivity index (χ3n) is 6.31. The lowest BCUT2D eigenvalue weighted by Crippen LogP contribution is -2.54. The number of aliphatic hydroxyl groups excluding tert-OH is 1. The second-order valence-corrected chi connectivity index (χ2v) is 8.38. The van der Waals surface area contributed by atoms with Gasteiger partial charge in [0.25, 0.3) is 0 Å². The molecule has 11 heteroatoms. The van der Waals surface area contributed by atoms with Crippen molar-refractivity contribution in [3.8, 4) is 17.3 Å². The van der Waals surface area contributed by atoms with Crippen LogP contribution in [0.3, 0.4) is 0 Å². The van der Waals surface area contributed by atoms with E-state index in [0.29, 0.717) is 54.8 Å². The lowest BCUT2D eigenvalue weighted by Gasteiger charge is -2.43. The molecule has 3 amide bonds. The van der Waals surface area contributed by atoms with Crippen molar-refractivity contribution in [3.05, 3.63) is 42.1 Å². The molecule has 2 aliphatic rings. The fourth-order valence-electron chi connectivity index (χ4n) is 4.57. The molecule has 2 aliphatic heterocycles. The number of hydrogen-bond donors (Lipinski definition) is 1. The zero-order chi connectivity index (χ0) is 23.8. The second kappa shape index (κ2) is 8.64. The van der Waals surface area contributed by atoms with Crippen LogP contribution < -0.4 is 4.90 Å². The van der Waals surface area contributed by atoms with Crippen molar-refractivity contribution in [2.75, 3.05) is 31.6 Å². The zero-order valence-electron chi connectivity index (χ0n) is 18.5. The van der Waals surface area contributed by atoms with Gasteiger partial charge in [-0.3, -0.25) is 14.7 Å². The predicted molar refractivity (Wildman–Crippen MR) is 121 cm³/mol. The molecule has 0 spiro atoms. The summed E-state index contributed by atoms with van der Waals surface area (Å²) in [5, 5.41) is 18.1. The van der Waals surface area contributed by atoms with Crippen molar-refractivity contribution in [3.63, 3.8) is 0 Å². The Hall–Kier alpha value is -4.17. The molecule has 0 aromatic carbocycles. The van der Waals surface area contributed by atoms with Crippen LogP contribution in [0.15, 0.2) is 30.7 Å². The molecule has 5 rings (SSSR count). The minimum atomic E-state index is -0.513. The Balaban J connectivity index is 1.57. The van der Waals surface area contributed by atoms with Crippen LogP contribution in [-0.2, 0) is 11.3 Å². The summed E-state index contributed by atoms with van der Waals surface area (Å²) in [6, 6.07) is 5.32. The molecule has 11 nitrogen and oxygen atoms in total. The molecule has 172 valence electrons. The van der Waals surface area contributed by atoms with Gasteiger partial charge in [0.1, 0.15) is 18.2 Å². The molecule has 0 radical (unpaired) electrons. The van der Waals surface area contributed by atoms with Crippen molar-refractivity contribution < 1.29 is 14.7 Å². The Bertz CT molecular complexity index is 1310. The summed E-state index contributed by atoms with van der Waals surface area (Å²) in [4.78, 5) is 47.8. The first-order chi connectivity index (χ1) is 16.5. The summed E-state index contributed by atoms with van der Waals surface area (Å²) in [5.41, 5.74) is 4.16. The Morgan fingerprint density at radius 2 is 1.91 bits per heavy atom. The van der Waals surface area contributed by atoms with Gasteiger partial charge >= 0.3 is 6.03 Å². The van der Waals surface area contributed by atoms with E-state index >= 15 is 0 Å². The molecule has 0 atom stereocenters. The number of carbonyl (C=O) groups excluding carboxylic acids is 2. The number of nitriles is 1. The molecular formula is C23H22N8O3. The van der Waals surface area contributed by atoms with Crippen LogP contribution >= 0.6 is 0 Å². The average Bonchev–Trinajstić information content (AvgIpc) is 2.89. The highest BCUT2D eigenvalue weighted by molar-refractivity contribution is 6.04. The van der Waals surface area contributed by atoms with E-state index in [1.165, 1.54) is 0 Å². The summed E-state index contributed by atoms with van der Waals surface area (Å²) in [6.07, 6.45) is 6.07. The van der Waals surface area contributed by atoms with Gasteiger partial charge in [0.05, 0.1) is 23.4 Å². The number of fused-ring (bicyclic) bond motifs is 3. The van der Waals surface area contributed by atoms with E-state index in [9.17, 15) is 14.7 Å². The van der Waals surface area contributed by atoms with E-state index in [1.54, 1.807) is 40.3 Å². The molecule has 0 aliphatic carbocycles. The maximum atomic E-state index is 13.4. The Morgan fingerprint density at radius 1 is 1.18 bits per heavy atom. The topological polar surface area (TPSA) is 139 Å². The predicted octanol–water partition coefficient (Wildman–Crippen LogP) is 1.31. The van der Waals surface area contributed by atoms with Gasteiger partial charge < -0.3 is 14.9 Å². The number of pyridine rings is 2. The van der Waals surface area contributed by atoms with Crippen molar-refractivity contribution in [2.45, 2.75) is 25.4 Å². The molecule has 1 saturated heterocycles. The minimum Gasteiger partial charge on any atom is -0.387 e. The van der Waals surface area contributed by atoms with E-state index in [2.05, 4.69) is 15.0 Å². The van der Waals surface area contributed by atoms with Gasteiger partial charge in [-0.2, -0.15) is 5.26 Å². The average molecular weight is 458 g/mol. The van der Waals surface area contributed by atoms with Gasteiger partial charge in [0.15, 0.2) is 0 Å². The summed E-state index contributed by atoms with van der Waals surface area (Å²) in [7, 11) is 1.75. The van der Waals surface area contributed by atoms with Crippen LogP contribution in [-0.4, -0.2) is 79.6 Å². The van der Waals surface area contributed by atoms with Crippen LogP contribution in [0.1, 0.15) is 24.2 Å². The lowest BCUT2D eigenvalue weighted by atomic mass is 9.99. The number of aliphatic hydroxyl groups is 1. The van der Waals surface area contributed by atoms with E-state index in [1.807, 2.05) is 18.2 Å². The van der Waals surface area contributed by atoms with Gasteiger partial charge in [-0.15, -0.1) is 0 Å². The van der Waals surface area contributed by atoms with E-state index in [4.69, 9.17) is 10.2 Å². The van der Waals surface area contributed by atoms with Gasteiger partial charge in [0, 0.05) is 55.9 Å². The van der Waals surface area contributed by atoms with Crippen LogP contribution in [0.4, 0.5) is 10.5 Å². The number of piperidine rings is 1. The summed E-state index contributed by atoms with van der Waals surface area (Å²) in [5.74, 6) is -0.221. The van der Waals surface area contributed by atoms with Crippen LogP contribution in [0.25, 0.3) is 22.3 Å². The van der Waals surface area contributed by atoms with Gasteiger partial charge in [0.2, 0.25) is 11.7 Å². The number of likely N-dealkylation sites (tertiary alicyclic amines) is 1. The standard InChI is InChI=1S/C23H22N8O3/c1-29-12-15-11-25-18-3-2-17(14-9-26-19(8-24)27-10-14)28-21(18)22(15)31(23(29)34)16-4-6-30(7-5-16)20(33)13-32/h2-3,9-11,16,32H,4-7,12-13H2,1H3. The number of hydrogen-bond acceptors (Lipinski definition) is 8. The summed E-state index contributed by atoms with van der Waals surface area (Å²) >= 11 is 0. The smallest absolute Gasteiger partial charge is 0.324 e. The Morgan fingerprint density at radius 3 is 2.59 bits per heavy atom. The first-order valence-electron chi connectivity index (χ1n) is 10.9. The number of nitrogens with zero attached hydrogens (tertiary/aromatic N) is 8. The number of amides is 3. The summed E-state index contributed by atoms with van der Waals surface area (Å²) in [6.45, 7) is 0.844. The number of aromatic nitrogens is 4. The molecule has 5 heterocycles. The maximum absolute atomic E-state index is 13.4. The van der Waals surface area contributed by atoms with Gasteiger partial charge in [-0.1, -0.05) is 0 Å². The number of urea groups is 1. The molecule has 0 saturated carbocycles. The monoisotopic (exact) mass is 458 g/mol. The zero-order valence-corrected chi connectivity index (χ0v) is 18.5. The number of carbonyl (C=O) groups is 2. The van der Waals surface area contributed by atoms with Crippen LogP contribution in [0.5, 0.6) is 0 Å². The van der Waals surface area contributed by atoms with Gasteiger partial charge in [-0.05, 0) is 25.0 Å². The van der Waals surface area contributed by atoms with Gasteiger partial charge in [-0.25, -0.2) is 19.7 Å². The van der Waals surface area contributed by atoms with Crippen LogP contribution in [0, 0.1) is 11.3 Å². The minimum absolute atomic E-state index is 0.0782. The quantitative estimate of drug-likeness (QED) is 0.620. The third kappa shape index (κ3) is 3.68. The van der Waals surface area contributed by atoms with Crippen molar-refractivity contribution in [2.24, 2.45) is 0 Å². The molecule has 0 unspecified atom stereocenters.